The maximum atomic E-state index is 5.84. The number of fused-ring (bicyclic) bond motifs is 1. The van der Waals surface area contributed by atoms with Gasteiger partial charge in [0.05, 0.1) is 5.69 Å². The highest BCUT2D eigenvalue weighted by atomic mass is 15.1. The number of aromatic nitrogens is 2. The van der Waals surface area contributed by atoms with Gasteiger partial charge in [0.25, 0.3) is 0 Å². The molecule has 3 rings (SSSR count). The van der Waals surface area contributed by atoms with Gasteiger partial charge in [-0.2, -0.15) is 4.98 Å². The lowest BCUT2D eigenvalue weighted by molar-refractivity contribution is 0.592. The van der Waals surface area contributed by atoms with Crippen molar-refractivity contribution in [1.82, 2.24) is 9.97 Å². The highest BCUT2D eigenvalue weighted by Gasteiger charge is 2.26. The van der Waals surface area contributed by atoms with E-state index in [-0.39, 0.29) is 0 Å². The topological polar surface area (TPSA) is 89.8 Å². The van der Waals surface area contributed by atoms with Crippen LogP contribution in [0.1, 0.15) is 75.1 Å². The lowest BCUT2D eigenvalue weighted by Gasteiger charge is -2.26. The highest BCUT2D eigenvalue weighted by molar-refractivity contribution is 5.53. The molecule has 2 aromatic rings. The van der Waals surface area contributed by atoms with Gasteiger partial charge in [0.2, 0.25) is 5.95 Å². The van der Waals surface area contributed by atoms with Crippen molar-refractivity contribution in [2.75, 3.05) is 18.1 Å². The van der Waals surface area contributed by atoms with Crippen LogP contribution < -0.4 is 16.8 Å². The molecule has 27 heavy (non-hydrogen) atoms. The van der Waals surface area contributed by atoms with Crippen molar-refractivity contribution in [2.45, 2.75) is 70.8 Å². The van der Waals surface area contributed by atoms with Gasteiger partial charge in [-0.3, -0.25) is 0 Å². The molecule has 0 bridgehead atoms. The molecule has 5 N–H and O–H groups in total. The van der Waals surface area contributed by atoms with E-state index < -0.39 is 0 Å². The minimum absolute atomic E-state index is 0.336. The number of anilines is 2. The van der Waals surface area contributed by atoms with Gasteiger partial charge < -0.3 is 16.8 Å². The van der Waals surface area contributed by atoms with Gasteiger partial charge in [-0.25, -0.2) is 4.98 Å². The Kier molecular flexibility index (Phi) is 8.52. The standard InChI is InChI=1S/C15H18N4.C7H17N/c1-17-14-12-9-5-8-11(10-6-3-2-4-7-10)13(12)18-15(16)19-14;1-3-4-5-6-7(2)8/h2-4,6-7,11H,5,8-9H2,1H3,(H3,16,17,18,19);7H,3-6,8H2,1-2H3. The number of rotatable bonds is 6. The number of hydrogen-bond acceptors (Lipinski definition) is 5. The molecular weight excluding hydrogens is 334 g/mol. The molecule has 0 fully saturated rings. The second-order valence-corrected chi connectivity index (χ2v) is 7.37. The molecule has 1 aliphatic carbocycles. The lowest BCUT2D eigenvalue weighted by Crippen LogP contribution is -2.17. The van der Waals surface area contributed by atoms with Crippen LogP contribution in [0.5, 0.6) is 0 Å². The lowest BCUT2D eigenvalue weighted by atomic mass is 9.82. The second-order valence-electron chi connectivity index (χ2n) is 7.37. The number of nitrogens with zero attached hydrogens (tertiary/aromatic N) is 2. The summed E-state index contributed by atoms with van der Waals surface area (Å²) < 4.78 is 0. The van der Waals surface area contributed by atoms with Crippen molar-refractivity contribution in [3.8, 4) is 0 Å². The fourth-order valence-electron chi connectivity index (χ4n) is 3.61. The molecule has 148 valence electrons. The number of nitrogens with two attached hydrogens (primary N) is 2. The Morgan fingerprint density at radius 3 is 2.56 bits per heavy atom. The molecule has 0 saturated carbocycles. The molecule has 0 spiro atoms. The van der Waals surface area contributed by atoms with E-state index in [1.54, 1.807) is 0 Å². The fraction of sp³-hybridized carbons (Fsp3) is 0.545. The number of benzene rings is 1. The average Bonchev–Trinajstić information content (AvgIpc) is 2.68. The van der Waals surface area contributed by atoms with E-state index in [0.29, 0.717) is 17.9 Å². The summed E-state index contributed by atoms with van der Waals surface area (Å²) in [7, 11) is 1.88. The third kappa shape index (κ3) is 6.21. The van der Waals surface area contributed by atoms with Crippen LogP contribution in [0.25, 0.3) is 0 Å². The first-order valence-electron chi connectivity index (χ1n) is 10.2. The van der Waals surface area contributed by atoms with Crippen LogP contribution in [-0.4, -0.2) is 23.1 Å². The first kappa shape index (κ1) is 21.2. The third-order valence-electron chi connectivity index (χ3n) is 5.01. The molecule has 5 nitrogen and oxygen atoms in total. The van der Waals surface area contributed by atoms with Crippen molar-refractivity contribution >= 4 is 11.8 Å². The molecule has 0 aliphatic heterocycles. The molecule has 1 aromatic heterocycles. The van der Waals surface area contributed by atoms with Crippen LogP contribution in [0.3, 0.4) is 0 Å². The quantitative estimate of drug-likeness (QED) is 0.653. The Morgan fingerprint density at radius 2 is 1.93 bits per heavy atom. The van der Waals surface area contributed by atoms with E-state index in [4.69, 9.17) is 11.5 Å². The number of nitrogen functional groups attached to an aromatic ring is 1. The molecule has 1 aliphatic rings. The van der Waals surface area contributed by atoms with Crippen molar-refractivity contribution in [3.63, 3.8) is 0 Å². The largest absolute Gasteiger partial charge is 0.373 e. The summed E-state index contributed by atoms with van der Waals surface area (Å²) in [5, 5.41) is 3.14. The summed E-state index contributed by atoms with van der Waals surface area (Å²) in [5.41, 5.74) is 15.0. The van der Waals surface area contributed by atoms with Gasteiger partial charge in [-0.1, -0.05) is 56.5 Å². The van der Waals surface area contributed by atoms with E-state index in [1.807, 2.05) is 13.1 Å². The van der Waals surface area contributed by atoms with Crippen molar-refractivity contribution in [3.05, 3.63) is 47.2 Å². The van der Waals surface area contributed by atoms with E-state index >= 15 is 0 Å². The van der Waals surface area contributed by atoms with Gasteiger partial charge in [-0.15, -0.1) is 0 Å². The summed E-state index contributed by atoms with van der Waals surface area (Å²) in [5.74, 6) is 1.57. The third-order valence-corrected chi connectivity index (χ3v) is 5.01. The maximum absolute atomic E-state index is 5.84. The zero-order valence-electron chi connectivity index (χ0n) is 17.0. The van der Waals surface area contributed by atoms with Crippen LogP contribution in [0.4, 0.5) is 11.8 Å². The first-order valence-corrected chi connectivity index (χ1v) is 10.2. The Bertz CT molecular complexity index is 685. The Labute approximate surface area is 164 Å². The van der Waals surface area contributed by atoms with Crippen LogP contribution in [0.15, 0.2) is 30.3 Å². The minimum Gasteiger partial charge on any atom is -0.373 e. The number of nitrogens with one attached hydrogen (secondary N) is 1. The predicted molar refractivity (Wildman–Crippen MR) is 115 cm³/mol. The number of unbranched alkanes of at least 4 members (excludes halogenated alkanes) is 2. The summed E-state index contributed by atoms with van der Waals surface area (Å²) >= 11 is 0. The van der Waals surface area contributed by atoms with Gasteiger partial charge in [0, 0.05) is 24.6 Å². The van der Waals surface area contributed by atoms with Crippen LogP contribution >= 0.6 is 0 Å². The van der Waals surface area contributed by atoms with Crippen molar-refractivity contribution in [1.29, 1.82) is 0 Å². The molecule has 1 heterocycles. The average molecular weight is 370 g/mol. The normalized spacial score (nSPS) is 16.7. The zero-order chi connectivity index (χ0) is 19.6. The summed E-state index contributed by atoms with van der Waals surface area (Å²) in [6.07, 6.45) is 8.43. The first-order chi connectivity index (χ1) is 13.1. The summed E-state index contributed by atoms with van der Waals surface area (Å²) in [6, 6.07) is 10.9. The zero-order valence-corrected chi connectivity index (χ0v) is 17.0. The van der Waals surface area contributed by atoms with E-state index in [9.17, 15) is 0 Å². The van der Waals surface area contributed by atoms with E-state index in [1.165, 1.54) is 36.8 Å². The number of hydrogen-bond donors (Lipinski definition) is 3. The molecule has 5 heteroatoms. The van der Waals surface area contributed by atoms with E-state index in [0.717, 1.165) is 30.8 Å². The van der Waals surface area contributed by atoms with Crippen molar-refractivity contribution < 1.29 is 0 Å². The summed E-state index contributed by atoms with van der Waals surface area (Å²) in [6.45, 7) is 4.27. The molecule has 0 amide bonds. The maximum Gasteiger partial charge on any atom is 0.222 e. The van der Waals surface area contributed by atoms with Crippen LogP contribution in [0, 0.1) is 0 Å². The Morgan fingerprint density at radius 1 is 1.19 bits per heavy atom. The molecule has 0 saturated heterocycles. The smallest absolute Gasteiger partial charge is 0.222 e. The van der Waals surface area contributed by atoms with Gasteiger partial charge in [0.15, 0.2) is 0 Å². The predicted octanol–water partition coefficient (Wildman–Crippen LogP) is 4.48. The fourth-order valence-corrected chi connectivity index (χ4v) is 3.61. The minimum atomic E-state index is 0.336. The molecule has 2 atom stereocenters. The molecule has 0 radical (unpaired) electrons. The van der Waals surface area contributed by atoms with Gasteiger partial charge >= 0.3 is 0 Å². The van der Waals surface area contributed by atoms with Crippen molar-refractivity contribution in [2.24, 2.45) is 5.73 Å². The second kappa shape index (κ2) is 10.9. The SMILES string of the molecule is CCCCCC(C)N.CNc1nc(N)nc2c1CCCC2c1ccccc1. The Hall–Kier alpha value is -2.14. The van der Waals surface area contributed by atoms with E-state index in [2.05, 4.69) is 53.4 Å². The van der Waals surface area contributed by atoms with Gasteiger partial charge in [-0.05, 0) is 38.2 Å². The molecule has 1 aromatic carbocycles. The monoisotopic (exact) mass is 369 g/mol. The van der Waals surface area contributed by atoms with Gasteiger partial charge in [0.1, 0.15) is 5.82 Å². The van der Waals surface area contributed by atoms with Crippen LogP contribution in [-0.2, 0) is 6.42 Å². The molecule has 2 unspecified atom stereocenters. The Balaban J connectivity index is 0.000000279. The van der Waals surface area contributed by atoms with Crippen LogP contribution in [0.2, 0.25) is 0 Å². The molecular formula is C22H35N5. The summed E-state index contributed by atoms with van der Waals surface area (Å²) in [4.78, 5) is 8.80. The highest BCUT2D eigenvalue weighted by Crippen LogP contribution is 2.37.